The van der Waals surface area contributed by atoms with Gasteiger partial charge in [0.1, 0.15) is 5.58 Å². The van der Waals surface area contributed by atoms with Crippen LogP contribution in [0.3, 0.4) is 0 Å². The number of furan rings is 1. The Bertz CT molecular complexity index is 1840. The van der Waals surface area contributed by atoms with E-state index in [0.29, 0.717) is 0 Å². The van der Waals surface area contributed by atoms with Crippen molar-refractivity contribution in [2.45, 2.75) is 39.7 Å². The van der Waals surface area contributed by atoms with Gasteiger partial charge in [0.05, 0.1) is 6.26 Å². The SMILES string of the molecule is Cc1c(C)n(CCCN2CCN(C)CC2)c2ccc(Cc3cccc(C(=O)N4CCN(CCc5ccc6occc6c5)CC4)c3)cc12. The highest BCUT2D eigenvalue weighted by Crippen LogP contribution is 2.28. The molecule has 2 aliphatic heterocycles. The number of benzene rings is 3. The van der Waals surface area contributed by atoms with Gasteiger partial charge in [-0.05, 0) is 111 Å². The van der Waals surface area contributed by atoms with Crippen molar-refractivity contribution in [2.24, 2.45) is 0 Å². The molecular weight excluding hydrogens is 582 g/mol. The minimum absolute atomic E-state index is 0.146. The van der Waals surface area contributed by atoms with Gasteiger partial charge in [-0.2, -0.15) is 0 Å². The van der Waals surface area contributed by atoms with Crippen LogP contribution in [-0.2, 0) is 19.4 Å². The lowest BCUT2D eigenvalue weighted by atomic mass is 10.0. The van der Waals surface area contributed by atoms with Gasteiger partial charge < -0.3 is 23.7 Å². The molecule has 0 unspecified atom stereocenters. The maximum atomic E-state index is 13.5. The first-order valence-corrected chi connectivity index (χ1v) is 17.5. The molecule has 3 aromatic carbocycles. The van der Waals surface area contributed by atoms with Crippen LogP contribution in [0.1, 0.15) is 44.7 Å². The van der Waals surface area contributed by atoms with Crippen LogP contribution < -0.4 is 0 Å². The smallest absolute Gasteiger partial charge is 0.253 e. The van der Waals surface area contributed by atoms with Gasteiger partial charge in [-0.1, -0.05) is 24.3 Å². The predicted octanol–water partition coefficient (Wildman–Crippen LogP) is 6.23. The summed E-state index contributed by atoms with van der Waals surface area (Å²) in [5.74, 6) is 0.146. The van der Waals surface area contributed by atoms with Crippen LogP contribution >= 0.6 is 0 Å². The molecule has 7 nitrogen and oxygen atoms in total. The summed E-state index contributed by atoms with van der Waals surface area (Å²) in [7, 11) is 2.22. The number of rotatable bonds is 10. The summed E-state index contributed by atoms with van der Waals surface area (Å²) < 4.78 is 7.99. The van der Waals surface area contributed by atoms with E-state index in [4.69, 9.17) is 4.42 Å². The standard InChI is InChI=1S/C40H49N5O2/c1-30-31(2)45(15-5-14-42-19-17-41(3)18-20-42)38-10-8-34(29-37(30)38)26-33-6-4-7-36(28-33)40(46)44-23-21-43(22-24-44)16-12-32-9-11-39-35(27-32)13-25-47-39/h4,6-11,13,25,27-29H,5,12,14-24,26H2,1-3H3. The first-order valence-electron chi connectivity index (χ1n) is 17.5. The molecule has 0 bridgehead atoms. The fourth-order valence-electron chi connectivity index (χ4n) is 7.48. The Morgan fingerprint density at radius 2 is 1.49 bits per heavy atom. The monoisotopic (exact) mass is 631 g/mol. The van der Waals surface area contributed by atoms with Crippen LogP contribution in [0.5, 0.6) is 0 Å². The zero-order chi connectivity index (χ0) is 32.3. The van der Waals surface area contributed by atoms with Gasteiger partial charge in [-0.25, -0.2) is 0 Å². The van der Waals surface area contributed by atoms with E-state index in [0.717, 1.165) is 68.6 Å². The number of fused-ring (bicyclic) bond motifs is 2. The fourth-order valence-corrected chi connectivity index (χ4v) is 7.48. The normalized spacial score (nSPS) is 16.9. The van der Waals surface area contributed by atoms with Crippen LogP contribution in [0.2, 0.25) is 0 Å². The lowest BCUT2D eigenvalue weighted by Gasteiger charge is -2.34. The third kappa shape index (κ3) is 7.18. The number of aromatic nitrogens is 1. The second-order valence-electron chi connectivity index (χ2n) is 13.8. The number of nitrogens with zero attached hydrogens (tertiary/aromatic N) is 5. The van der Waals surface area contributed by atoms with E-state index in [1.165, 1.54) is 78.0 Å². The Kier molecular flexibility index (Phi) is 9.48. The largest absolute Gasteiger partial charge is 0.464 e. The highest BCUT2D eigenvalue weighted by molar-refractivity contribution is 5.94. The summed E-state index contributed by atoms with van der Waals surface area (Å²) in [5.41, 5.74) is 9.63. The molecule has 5 aromatic rings. The van der Waals surface area contributed by atoms with Crippen molar-refractivity contribution in [3.05, 3.63) is 107 Å². The average molecular weight is 632 g/mol. The summed E-state index contributed by atoms with van der Waals surface area (Å²) >= 11 is 0. The maximum Gasteiger partial charge on any atom is 0.253 e. The van der Waals surface area contributed by atoms with Crippen molar-refractivity contribution in [2.75, 3.05) is 72.5 Å². The van der Waals surface area contributed by atoms with Crippen molar-refractivity contribution in [3.8, 4) is 0 Å². The van der Waals surface area contributed by atoms with Crippen LogP contribution in [0.25, 0.3) is 21.9 Å². The third-order valence-electron chi connectivity index (χ3n) is 10.6. The Hall–Kier alpha value is -3.91. The molecule has 47 heavy (non-hydrogen) atoms. The highest BCUT2D eigenvalue weighted by atomic mass is 16.3. The van der Waals surface area contributed by atoms with E-state index in [2.05, 4.69) is 88.7 Å². The summed E-state index contributed by atoms with van der Waals surface area (Å²) in [6.45, 7) is 15.8. The van der Waals surface area contributed by atoms with Gasteiger partial charge >= 0.3 is 0 Å². The summed E-state index contributed by atoms with van der Waals surface area (Å²) in [6.07, 6.45) is 4.75. The van der Waals surface area contributed by atoms with E-state index in [1.807, 2.05) is 23.1 Å². The molecule has 0 aliphatic carbocycles. The van der Waals surface area contributed by atoms with Gasteiger partial charge in [-0.3, -0.25) is 9.69 Å². The van der Waals surface area contributed by atoms with E-state index in [1.54, 1.807) is 6.26 Å². The minimum atomic E-state index is 0.146. The Balaban J connectivity index is 0.936. The molecule has 2 fully saturated rings. The zero-order valence-corrected chi connectivity index (χ0v) is 28.4. The molecule has 0 atom stereocenters. The molecule has 0 radical (unpaired) electrons. The van der Waals surface area contributed by atoms with Crippen molar-refractivity contribution < 1.29 is 9.21 Å². The number of amides is 1. The number of hydrogen-bond donors (Lipinski definition) is 0. The topological polar surface area (TPSA) is 48.1 Å². The summed E-state index contributed by atoms with van der Waals surface area (Å²) in [5, 5.41) is 2.51. The number of aryl methyl sites for hydroxylation is 2. The molecule has 246 valence electrons. The lowest BCUT2D eigenvalue weighted by molar-refractivity contribution is 0.0638. The quantitative estimate of drug-likeness (QED) is 0.183. The van der Waals surface area contributed by atoms with Crippen LogP contribution in [0.15, 0.2) is 77.4 Å². The second kappa shape index (κ2) is 14.1. The number of hydrogen-bond acceptors (Lipinski definition) is 5. The van der Waals surface area contributed by atoms with Gasteiger partial charge in [0, 0.05) is 93.0 Å². The molecule has 1 amide bonds. The molecule has 2 aromatic heterocycles. The molecule has 7 heteroatoms. The highest BCUT2D eigenvalue weighted by Gasteiger charge is 2.22. The third-order valence-corrected chi connectivity index (χ3v) is 10.6. The average Bonchev–Trinajstić information content (AvgIpc) is 3.66. The van der Waals surface area contributed by atoms with Gasteiger partial charge in [0.15, 0.2) is 0 Å². The maximum absolute atomic E-state index is 13.5. The van der Waals surface area contributed by atoms with Crippen molar-refractivity contribution in [3.63, 3.8) is 0 Å². The molecule has 0 spiro atoms. The van der Waals surface area contributed by atoms with E-state index < -0.39 is 0 Å². The van der Waals surface area contributed by atoms with Crippen LogP contribution in [0, 0.1) is 13.8 Å². The Morgan fingerprint density at radius 1 is 0.745 bits per heavy atom. The molecule has 7 rings (SSSR count). The minimum Gasteiger partial charge on any atom is -0.464 e. The molecular formula is C40H49N5O2. The van der Waals surface area contributed by atoms with Crippen LogP contribution in [0.4, 0.5) is 0 Å². The van der Waals surface area contributed by atoms with Crippen LogP contribution in [-0.4, -0.2) is 103 Å². The van der Waals surface area contributed by atoms with E-state index >= 15 is 0 Å². The molecule has 0 saturated carbocycles. The zero-order valence-electron chi connectivity index (χ0n) is 28.4. The molecule has 4 heterocycles. The van der Waals surface area contributed by atoms with Crippen molar-refractivity contribution in [1.29, 1.82) is 0 Å². The predicted molar refractivity (Wildman–Crippen MR) is 191 cm³/mol. The lowest BCUT2D eigenvalue weighted by Crippen LogP contribution is -2.49. The first-order chi connectivity index (χ1) is 22.9. The van der Waals surface area contributed by atoms with E-state index in [9.17, 15) is 4.79 Å². The molecule has 2 saturated heterocycles. The molecule has 2 aliphatic rings. The van der Waals surface area contributed by atoms with Gasteiger partial charge in [-0.15, -0.1) is 0 Å². The fraction of sp³-hybridized carbons (Fsp3) is 0.425. The van der Waals surface area contributed by atoms with Crippen molar-refractivity contribution >= 4 is 27.8 Å². The van der Waals surface area contributed by atoms with Gasteiger partial charge in [0.2, 0.25) is 0 Å². The number of carbonyl (C=O) groups is 1. The second-order valence-corrected chi connectivity index (χ2v) is 13.8. The Labute approximate surface area is 279 Å². The number of piperazine rings is 2. The van der Waals surface area contributed by atoms with Crippen molar-refractivity contribution in [1.82, 2.24) is 24.2 Å². The van der Waals surface area contributed by atoms with Gasteiger partial charge in [0.25, 0.3) is 5.91 Å². The Morgan fingerprint density at radius 3 is 2.32 bits per heavy atom. The first kappa shape index (κ1) is 31.7. The number of carbonyl (C=O) groups excluding carboxylic acids is 1. The summed E-state index contributed by atoms with van der Waals surface area (Å²) in [6, 6.07) is 23.7. The van der Waals surface area contributed by atoms with E-state index in [-0.39, 0.29) is 5.91 Å². The summed E-state index contributed by atoms with van der Waals surface area (Å²) in [4.78, 5) is 23.1. The number of likely N-dealkylation sites (N-methyl/N-ethyl adjacent to an activating group) is 1. The molecule has 0 N–H and O–H groups in total.